The molecule has 4 N–H and O–H groups in total. The van der Waals surface area contributed by atoms with Crippen molar-refractivity contribution in [2.75, 3.05) is 11.1 Å². The maximum atomic E-state index is 11.6. The number of nitrogens with two attached hydrogens (primary N) is 1. The monoisotopic (exact) mass is 220 g/mol. The number of hydrogen-bond acceptors (Lipinski definition) is 5. The van der Waals surface area contributed by atoms with Crippen LogP contribution in [0.5, 0.6) is 0 Å². The second-order valence-electron chi connectivity index (χ2n) is 3.35. The number of rotatable bonds is 3. The van der Waals surface area contributed by atoms with Gasteiger partial charge in [0.1, 0.15) is 5.82 Å². The Labute approximate surface area is 91.3 Å². The summed E-state index contributed by atoms with van der Waals surface area (Å²) in [6.07, 6.45) is 4.76. The second kappa shape index (κ2) is 4.05. The van der Waals surface area contributed by atoms with Crippen LogP contribution in [-0.4, -0.2) is 19.7 Å². The van der Waals surface area contributed by atoms with Crippen molar-refractivity contribution >= 4 is 11.6 Å². The van der Waals surface area contributed by atoms with E-state index in [1.54, 1.807) is 25.6 Å². The molecule has 0 aromatic carbocycles. The standard InChI is InChI=1S/C9H12N6O/c1-15-3-2-11-8(9(15)16)12-4-6-5-13-14-7(6)10/h2-3,5H,4H2,1H3,(H,11,12)(H3,10,13,14). The van der Waals surface area contributed by atoms with E-state index in [0.29, 0.717) is 18.2 Å². The molecule has 0 saturated heterocycles. The molecule has 0 fully saturated rings. The summed E-state index contributed by atoms with van der Waals surface area (Å²) < 4.78 is 1.45. The van der Waals surface area contributed by atoms with Crippen molar-refractivity contribution in [1.82, 2.24) is 19.7 Å². The first-order valence-corrected chi connectivity index (χ1v) is 4.71. The Hall–Kier alpha value is -2.31. The van der Waals surface area contributed by atoms with E-state index in [9.17, 15) is 4.79 Å². The summed E-state index contributed by atoms with van der Waals surface area (Å²) in [5, 5.41) is 9.31. The van der Waals surface area contributed by atoms with Crippen LogP contribution in [-0.2, 0) is 13.6 Å². The first-order chi connectivity index (χ1) is 7.68. The van der Waals surface area contributed by atoms with Crippen LogP contribution in [0.1, 0.15) is 5.56 Å². The molecule has 0 saturated carbocycles. The Balaban J connectivity index is 2.14. The number of aromatic amines is 1. The van der Waals surface area contributed by atoms with Gasteiger partial charge >= 0.3 is 0 Å². The average Bonchev–Trinajstić information content (AvgIpc) is 2.67. The number of hydrogen-bond donors (Lipinski definition) is 3. The lowest BCUT2D eigenvalue weighted by Crippen LogP contribution is -2.21. The zero-order valence-electron chi connectivity index (χ0n) is 8.77. The summed E-state index contributed by atoms with van der Waals surface area (Å²) in [4.78, 5) is 15.5. The van der Waals surface area contributed by atoms with Crippen LogP contribution in [0.25, 0.3) is 0 Å². The predicted molar refractivity (Wildman–Crippen MR) is 59.8 cm³/mol. The van der Waals surface area contributed by atoms with E-state index in [1.807, 2.05) is 0 Å². The minimum absolute atomic E-state index is 0.176. The van der Waals surface area contributed by atoms with Gasteiger partial charge in [-0.3, -0.25) is 9.89 Å². The van der Waals surface area contributed by atoms with Gasteiger partial charge in [-0.25, -0.2) is 4.98 Å². The number of nitrogen functional groups attached to an aromatic ring is 1. The number of nitrogens with zero attached hydrogens (tertiary/aromatic N) is 3. The van der Waals surface area contributed by atoms with Crippen LogP contribution >= 0.6 is 0 Å². The molecule has 0 aliphatic rings. The molecule has 2 heterocycles. The normalized spacial score (nSPS) is 10.3. The third kappa shape index (κ3) is 1.88. The highest BCUT2D eigenvalue weighted by molar-refractivity contribution is 5.40. The fourth-order valence-corrected chi connectivity index (χ4v) is 1.26. The smallest absolute Gasteiger partial charge is 0.293 e. The van der Waals surface area contributed by atoms with E-state index in [1.165, 1.54) is 4.57 Å². The SMILES string of the molecule is Cn1ccnc(NCc2cn[nH]c2N)c1=O. The number of anilines is 2. The zero-order chi connectivity index (χ0) is 11.5. The van der Waals surface area contributed by atoms with Gasteiger partial charge in [0.05, 0.1) is 6.20 Å². The van der Waals surface area contributed by atoms with E-state index in [4.69, 9.17) is 5.73 Å². The molecule has 0 atom stereocenters. The number of nitrogens with one attached hydrogen (secondary N) is 2. The summed E-state index contributed by atoms with van der Waals surface area (Å²) in [6, 6.07) is 0. The third-order valence-electron chi connectivity index (χ3n) is 2.21. The fourth-order valence-electron chi connectivity index (χ4n) is 1.26. The first-order valence-electron chi connectivity index (χ1n) is 4.71. The molecule has 2 rings (SSSR count). The highest BCUT2D eigenvalue weighted by Crippen LogP contribution is 2.07. The van der Waals surface area contributed by atoms with Crippen molar-refractivity contribution in [2.24, 2.45) is 7.05 Å². The Morgan fingerprint density at radius 3 is 3.12 bits per heavy atom. The van der Waals surface area contributed by atoms with Crippen molar-refractivity contribution in [3.8, 4) is 0 Å². The largest absolute Gasteiger partial charge is 0.384 e. The first kappa shape index (κ1) is 10.2. The van der Waals surface area contributed by atoms with Crippen molar-refractivity contribution < 1.29 is 0 Å². The Morgan fingerprint density at radius 2 is 2.44 bits per heavy atom. The molecule has 7 nitrogen and oxygen atoms in total. The average molecular weight is 220 g/mol. The molecule has 0 amide bonds. The van der Waals surface area contributed by atoms with Crippen molar-refractivity contribution in [2.45, 2.75) is 6.54 Å². The van der Waals surface area contributed by atoms with Crippen molar-refractivity contribution in [3.63, 3.8) is 0 Å². The van der Waals surface area contributed by atoms with Gasteiger partial charge in [-0.15, -0.1) is 0 Å². The third-order valence-corrected chi connectivity index (χ3v) is 2.21. The van der Waals surface area contributed by atoms with Crippen LogP contribution in [0.4, 0.5) is 11.6 Å². The highest BCUT2D eigenvalue weighted by Gasteiger charge is 2.04. The summed E-state index contributed by atoms with van der Waals surface area (Å²) >= 11 is 0. The summed E-state index contributed by atoms with van der Waals surface area (Å²) in [5.74, 6) is 0.783. The van der Waals surface area contributed by atoms with Gasteiger partial charge in [0, 0.05) is 31.5 Å². The molecule has 0 aliphatic carbocycles. The maximum Gasteiger partial charge on any atom is 0.293 e. The lowest BCUT2D eigenvalue weighted by Gasteiger charge is -2.04. The molecule has 2 aromatic heterocycles. The summed E-state index contributed by atoms with van der Waals surface area (Å²) in [5.41, 5.74) is 6.23. The van der Waals surface area contributed by atoms with Crippen LogP contribution in [0.15, 0.2) is 23.4 Å². The lowest BCUT2D eigenvalue weighted by atomic mass is 10.3. The predicted octanol–water partition coefficient (Wildman–Crippen LogP) is -0.302. The molecule has 16 heavy (non-hydrogen) atoms. The number of H-pyrrole nitrogens is 1. The van der Waals surface area contributed by atoms with Gasteiger partial charge in [0.15, 0.2) is 5.82 Å². The molecule has 84 valence electrons. The minimum atomic E-state index is -0.176. The van der Waals surface area contributed by atoms with Crippen LogP contribution in [0.2, 0.25) is 0 Å². The van der Waals surface area contributed by atoms with Crippen LogP contribution in [0, 0.1) is 0 Å². The minimum Gasteiger partial charge on any atom is -0.384 e. The maximum absolute atomic E-state index is 11.6. The second-order valence-corrected chi connectivity index (χ2v) is 3.35. The van der Waals surface area contributed by atoms with Gasteiger partial charge in [0.2, 0.25) is 0 Å². The topological polar surface area (TPSA) is 102 Å². The van der Waals surface area contributed by atoms with Crippen molar-refractivity contribution in [1.29, 1.82) is 0 Å². The zero-order valence-corrected chi connectivity index (χ0v) is 8.77. The van der Waals surface area contributed by atoms with E-state index < -0.39 is 0 Å². The molecule has 0 bridgehead atoms. The Kier molecular flexibility index (Phi) is 2.59. The van der Waals surface area contributed by atoms with E-state index in [-0.39, 0.29) is 5.56 Å². The Morgan fingerprint density at radius 1 is 1.62 bits per heavy atom. The fraction of sp³-hybridized carbons (Fsp3) is 0.222. The molecule has 0 spiro atoms. The quantitative estimate of drug-likeness (QED) is 0.659. The Bertz CT molecular complexity index is 543. The number of aryl methyl sites for hydroxylation is 1. The molecule has 0 radical (unpaired) electrons. The van der Waals surface area contributed by atoms with Crippen LogP contribution in [0.3, 0.4) is 0 Å². The van der Waals surface area contributed by atoms with Gasteiger partial charge in [0.25, 0.3) is 5.56 Å². The lowest BCUT2D eigenvalue weighted by molar-refractivity contribution is 0.839. The molecule has 7 heteroatoms. The van der Waals surface area contributed by atoms with Gasteiger partial charge in [-0.05, 0) is 0 Å². The van der Waals surface area contributed by atoms with Gasteiger partial charge in [-0.2, -0.15) is 5.10 Å². The van der Waals surface area contributed by atoms with Gasteiger partial charge < -0.3 is 15.6 Å². The number of aromatic nitrogens is 4. The molecule has 0 aliphatic heterocycles. The van der Waals surface area contributed by atoms with E-state index in [2.05, 4.69) is 20.5 Å². The molecular formula is C9H12N6O. The summed E-state index contributed by atoms with van der Waals surface area (Å²) in [6.45, 7) is 0.411. The molecule has 0 unspecified atom stereocenters. The van der Waals surface area contributed by atoms with Crippen molar-refractivity contribution in [3.05, 3.63) is 34.5 Å². The van der Waals surface area contributed by atoms with Crippen LogP contribution < -0.4 is 16.6 Å². The molecule has 2 aromatic rings. The molecular weight excluding hydrogens is 208 g/mol. The highest BCUT2D eigenvalue weighted by atomic mass is 16.1. The van der Waals surface area contributed by atoms with E-state index in [0.717, 1.165) is 5.56 Å². The van der Waals surface area contributed by atoms with Gasteiger partial charge in [-0.1, -0.05) is 0 Å². The van der Waals surface area contributed by atoms with E-state index >= 15 is 0 Å². The summed E-state index contributed by atoms with van der Waals surface area (Å²) in [7, 11) is 1.67.